The number of carbonyl (C=O) groups excluding carboxylic acids is 3. The van der Waals surface area contributed by atoms with Gasteiger partial charge in [-0.1, -0.05) is 78.9 Å². The summed E-state index contributed by atoms with van der Waals surface area (Å²) >= 11 is 0. The van der Waals surface area contributed by atoms with Crippen molar-refractivity contribution < 1.29 is 29.4 Å². The van der Waals surface area contributed by atoms with Gasteiger partial charge in [-0.15, -0.1) is 0 Å². The number of H-pyrrole nitrogens is 1. The lowest BCUT2D eigenvalue weighted by molar-refractivity contribution is -0.142. The number of hydrogen-bond donors (Lipinski definition) is 7. The number of rotatable bonds is 14. The highest BCUT2D eigenvalue weighted by molar-refractivity contribution is 5.95. The first-order chi connectivity index (χ1) is 20.7. The van der Waals surface area contributed by atoms with Crippen molar-refractivity contribution in [3.8, 4) is 0 Å². The first-order valence-electron chi connectivity index (χ1n) is 13.9. The number of carboxylic acid groups (broad SMARTS) is 1. The number of carboxylic acids is 1. The molecule has 3 amide bonds. The summed E-state index contributed by atoms with van der Waals surface area (Å²) in [5.74, 6) is -3.43. The molecule has 0 spiro atoms. The van der Waals surface area contributed by atoms with Gasteiger partial charge in [0.15, 0.2) is 0 Å². The Labute approximate surface area is 248 Å². The van der Waals surface area contributed by atoms with Crippen LogP contribution in [0.25, 0.3) is 10.9 Å². The highest BCUT2D eigenvalue weighted by Crippen LogP contribution is 2.19. The van der Waals surface area contributed by atoms with Crippen LogP contribution in [-0.4, -0.2) is 69.7 Å². The second kappa shape index (κ2) is 14.8. The van der Waals surface area contributed by atoms with E-state index in [0.29, 0.717) is 11.1 Å². The molecule has 0 saturated heterocycles. The Kier molecular flexibility index (Phi) is 10.6. The summed E-state index contributed by atoms with van der Waals surface area (Å²) in [5.41, 5.74) is 9.11. The molecule has 0 aliphatic heterocycles. The zero-order chi connectivity index (χ0) is 30.8. The molecule has 43 heavy (non-hydrogen) atoms. The summed E-state index contributed by atoms with van der Waals surface area (Å²) < 4.78 is 0. The van der Waals surface area contributed by atoms with Crippen molar-refractivity contribution in [2.24, 2.45) is 5.73 Å². The fourth-order valence-corrected chi connectivity index (χ4v) is 4.76. The average Bonchev–Trinajstić information content (AvgIpc) is 3.42. The Morgan fingerprint density at radius 3 is 1.84 bits per heavy atom. The van der Waals surface area contributed by atoms with Crippen molar-refractivity contribution >= 4 is 34.6 Å². The van der Waals surface area contributed by atoms with Gasteiger partial charge in [-0.2, -0.15) is 0 Å². The second-order valence-electron chi connectivity index (χ2n) is 10.3. The van der Waals surface area contributed by atoms with E-state index in [9.17, 15) is 29.4 Å². The fourth-order valence-electron chi connectivity index (χ4n) is 4.76. The standard InChI is InChI=1S/C32H35N5O6/c33-24(15-20-9-3-1-4-10-20)29(39)37-28(19-38)31(41)35-26(17-22-18-34-25-14-8-7-13-23(22)25)30(40)36-27(32(42)43)16-21-11-5-2-6-12-21/h1-14,18,24,26-28,34,38H,15-17,19,33H2,(H,35,41)(H,36,40)(H,37,39)(H,42,43). The molecule has 0 fully saturated rings. The molecule has 11 nitrogen and oxygen atoms in total. The molecule has 3 aromatic carbocycles. The van der Waals surface area contributed by atoms with Crippen LogP contribution in [0, 0.1) is 0 Å². The Morgan fingerprint density at radius 2 is 1.21 bits per heavy atom. The summed E-state index contributed by atoms with van der Waals surface area (Å²) in [4.78, 5) is 54.7. The van der Waals surface area contributed by atoms with Crippen LogP contribution in [-0.2, 0) is 38.4 Å². The lowest BCUT2D eigenvalue weighted by Crippen LogP contribution is -2.58. The third-order valence-electron chi connectivity index (χ3n) is 7.08. The number of nitrogens with one attached hydrogen (secondary N) is 4. The Bertz CT molecular complexity index is 1540. The van der Waals surface area contributed by atoms with E-state index in [0.717, 1.165) is 16.5 Å². The summed E-state index contributed by atoms with van der Waals surface area (Å²) in [7, 11) is 0. The number of aliphatic hydroxyl groups excluding tert-OH is 1. The molecular weight excluding hydrogens is 550 g/mol. The Morgan fingerprint density at radius 1 is 0.674 bits per heavy atom. The minimum absolute atomic E-state index is 0.0128. The minimum Gasteiger partial charge on any atom is -0.480 e. The topological polar surface area (TPSA) is 187 Å². The number of para-hydroxylation sites is 1. The van der Waals surface area contributed by atoms with Gasteiger partial charge in [-0.05, 0) is 29.2 Å². The van der Waals surface area contributed by atoms with Gasteiger partial charge in [0.2, 0.25) is 17.7 Å². The Balaban J connectivity index is 1.50. The monoisotopic (exact) mass is 585 g/mol. The largest absolute Gasteiger partial charge is 0.480 e. The number of amides is 3. The number of nitrogens with two attached hydrogens (primary N) is 1. The third kappa shape index (κ3) is 8.51. The van der Waals surface area contributed by atoms with Gasteiger partial charge in [0, 0.05) is 29.9 Å². The van der Waals surface area contributed by atoms with Gasteiger partial charge in [-0.25, -0.2) is 4.79 Å². The lowest BCUT2D eigenvalue weighted by atomic mass is 10.0. The van der Waals surface area contributed by atoms with Crippen molar-refractivity contribution in [1.29, 1.82) is 0 Å². The smallest absolute Gasteiger partial charge is 0.326 e. The molecule has 8 N–H and O–H groups in total. The van der Waals surface area contributed by atoms with Crippen LogP contribution in [0.2, 0.25) is 0 Å². The highest BCUT2D eigenvalue weighted by Gasteiger charge is 2.31. The zero-order valence-corrected chi connectivity index (χ0v) is 23.4. The van der Waals surface area contributed by atoms with Crippen LogP contribution < -0.4 is 21.7 Å². The van der Waals surface area contributed by atoms with Crippen molar-refractivity contribution in [2.45, 2.75) is 43.4 Å². The van der Waals surface area contributed by atoms with Crippen molar-refractivity contribution in [3.05, 3.63) is 108 Å². The maximum absolute atomic E-state index is 13.5. The van der Waals surface area contributed by atoms with Crippen LogP contribution >= 0.6 is 0 Å². The first-order valence-corrected chi connectivity index (χ1v) is 13.9. The van der Waals surface area contributed by atoms with Crippen LogP contribution in [0.15, 0.2) is 91.1 Å². The summed E-state index contributed by atoms with van der Waals surface area (Å²) in [6.07, 6.45) is 1.98. The van der Waals surface area contributed by atoms with Gasteiger partial charge in [0.1, 0.15) is 18.1 Å². The van der Waals surface area contributed by atoms with Gasteiger partial charge < -0.3 is 36.9 Å². The lowest BCUT2D eigenvalue weighted by Gasteiger charge is -2.24. The van der Waals surface area contributed by atoms with Crippen molar-refractivity contribution in [3.63, 3.8) is 0 Å². The average molecular weight is 586 g/mol. The number of aliphatic hydroxyl groups is 1. The van der Waals surface area contributed by atoms with Gasteiger partial charge >= 0.3 is 5.97 Å². The van der Waals surface area contributed by atoms with E-state index < -0.39 is 54.5 Å². The first kappa shape index (κ1) is 30.9. The number of benzene rings is 3. The van der Waals surface area contributed by atoms with E-state index in [-0.39, 0.29) is 19.3 Å². The highest BCUT2D eigenvalue weighted by atomic mass is 16.4. The number of carbonyl (C=O) groups is 4. The number of aromatic nitrogens is 1. The van der Waals surface area contributed by atoms with E-state index in [2.05, 4.69) is 20.9 Å². The fraction of sp³-hybridized carbons (Fsp3) is 0.250. The molecule has 0 bridgehead atoms. The molecule has 0 aliphatic rings. The third-order valence-corrected chi connectivity index (χ3v) is 7.08. The maximum atomic E-state index is 13.5. The number of hydrogen-bond acceptors (Lipinski definition) is 6. The molecule has 0 aliphatic carbocycles. The van der Waals surface area contributed by atoms with Crippen molar-refractivity contribution in [1.82, 2.24) is 20.9 Å². The van der Waals surface area contributed by atoms with Gasteiger partial charge in [-0.3, -0.25) is 14.4 Å². The van der Waals surface area contributed by atoms with Crippen LogP contribution in [0.3, 0.4) is 0 Å². The molecule has 11 heteroatoms. The minimum atomic E-state index is -1.40. The normalized spacial score (nSPS) is 13.8. The number of fused-ring (bicyclic) bond motifs is 1. The van der Waals surface area contributed by atoms with Crippen molar-refractivity contribution in [2.75, 3.05) is 6.61 Å². The van der Waals surface area contributed by atoms with Gasteiger partial charge in [0.05, 0.1) is 12.6 Å². The van der Waals surface area contributed by atoms with Crippen LogP contribution in [0.5, 0.6) is 0 Å². The SMILES string of the molecule is NC(Cc1ccccc1)C(=O)NC(CO)C(=O)NC(Cc1c[nH]c2ccccc12)C(=O)NC(Cc1ccccc1)C(=O)O. The molecule has 0 radical (unpaired) electrons. The van der Waals surface area contributed by atoms with Crippen LogP contribution in [0.1, 0.15) is 16.7 Å². The molecule has 0 saturated carbocycles. The van der Waals surface area contributed by atoms with Crippen LogP contribution in [0.4, 0.5) is 0 Å². The summed E-state index contributed by atoms with van der Waals surface area (Å²) in [6.45, 7) is -0.747. The van der Waals surface area contributed by atoms with Gasteiger partial charge in [0.25, 0.3) is 0 Å². The summed E-state index contributed by atoms with van der Waals surface area (Å²) in [6, 6.07) is 20.5. The van der Waals surface area contributed by atoms with E-state index in [1.54, 1.807) is 36.5 Å². The molecule has 4 unspecified atom stereocenters. The zero-order valence-electron chi connectivity index (χ0n) is 23.4. The molecule has 1 heterocycles. The summed E-state index contributed by atoms with van der Waals surface area (Å²) in [5, 5.41) is 28.2. The predicted octanol–water partition coefficient (Wildman–Crippen LogP) is 1.05. The molecule has 4 rings (SSSR count). The molecule has 4 aromatic rings. The Hall–Kier alpha value is -5.00. The molecule has 1 aromatic heterocycles. The van der Waals surface area contributed by atoms with E-state index in [1.165, 1.54) is 0 Å². The van der Waals surface area contributed by atoms with E-state index in [4.69, 9.17) is 5.73 Å². The maximum Gasteiger partial charge on any atom is 0.326 e. The van der Waals surface area contributed by atoms with E-state index >= 15 is 0 Å². The molecular formula is C32H35N5O6. The quantitative estimate of drug-likeness (QED) is 0.115. The van der Waals surface area contributed by atoms with E-state index in [1.807, 2.05) is 54.6 Å². The predicted molar refractivity (Wildman–Crippen MR) is 161 cm³/mol. The molecule has 224 valence electrons. The number of aliphatic carboxylic acids is 1. The molecule has 4 atom stereocenters. The number of aromatic amines is 1. The second-order valence-corrected chi connectivity index (χ2v) is 10.3.